The number of nitrogens with two attached hydrogens (primary N) is 1. The molecule has 0 unspecified atom stereocenters. The van der Waals surface area contributed by atoms with E-state index in [1.807, 2.05) is 67.1 Å². The van der Waals surface area contributed by atoms with Gasteiger partial charge in [-0.3, -0.25) is 15.0 Å². The average molecular weight is 723 g/mol. The van der Waals surface area contributed by atoms with E-state index in [9.17, 15) is 13.2 Å². The summed E-state index contributed by atoms with van der Waals surface area (Å²) in [6.07, 6.45) is 6.99. The van der Waals surface area contributed by atoms with Gasteiger partial charge in [0.2, 0.25) is 0 Å². The second-order valence-corrected chi connectivity index (χ2v) is 13.2. The fraction of sp³-hybridized carbons (Fsp3) is 0.156. The van der Waals surface area contributed by atoms with Crippen LogP contribution in [0.5, 0.6) is 0 Å². The lowest BCUT2D eigenvalue weighted by molar-refractivity contribution is -0.137. The molecule has 0 spiro atoms. The Morgan fingerprint density at radius 3 is 1.98 bits per heavy atom. The van der Waals surface area contributed by atoms with Crippen LogP contribution in [0.1, 0.15) is 36.5 Å². The molecule has 0 saturated heterocycles. The molecule has 9 heteroatoms. The lowest BCUT2D eigenvalue weighted by atomic mass is 9.93. The molecule has 0 aliphatic heterocycles. The van der Waals surface area contributed by atoms with Crippen molar-refractivity contribution in [2.45, 2.75) is 38.4 Å². The number of nitrogens with one attached hydrogen (secondary N) is 1. The molecule has 0 bridgehead atoms. The highest BCUT2D eigenvalue weighted by Gasteiger charge is 2.30. The third-order valence-corrected chi connectivity index (χ3v) is 8.90. The molecule has 0 saturated carbocycles. The van der Waals surface area contributed by atoms with Crippen molar-refractivity contribution in [2.75, 3.05) is 11.9 Å². The Kier molecular flexibility index (Phi) is 12.2. The van der Waals surface area contributed by atoms with Crippen LogP contribution >= 0.6 is 0 Å². The van der Waals surface area contributed by atoms with E-state index in [4.69, 9.17) is 10.7 Å². The number of pyridine rings is 4. The summed E-state index contributed by atoms with van der Waals surface area (Å²) in [5.41, 5.74) is 15.5. The lowest BCUT2D eigenvalue weighted by Gasteiger charge is -2.16. The number of alkyl halides is 3. The summed E-state index contributed by atoms with van der Waals surface area (Å²) >= 11 is 0. The van der Waals surface area contributed by atoms with E-state index < -0.39 is 11.7 Å². The van der Waals surface area contributed by atoms with Crippen LogP contribution in [0.4, 0.5) is 19.0 Å². The molecule has 7 aromatic rings. The Bertz CT molecular complexity index is 2240. The van der Waals surface area contributed by atoms with Gasteiger partial charge in [0.15, 0.2) is 0 Å². The van der Waals surface area contributed by atoms with Crippen molar-refractivity contribution in [2.24, 2.45) is 5.73 Å². The molecule has 7 rings (SSSR count). The molecular weight excluding hydrogens is 682 g/mol. The predicted molar refractivity (Wildman–Crippen MR) is 212 cm³/mol. The Labute approximate surface area is 314 Å². The maximum Gasteiger partial charge on any atom is 0.416 e. The van der Waals surface area contributed by atoms with Crippen LogP contribution in [0, 0.1) is 0 Å². The number of halogens is 3. The van der Waals surface area contributed by atoms with Crippen molar-refractivity contribution in [1.82, 2.24) is 19.9 Å². The zero-order chi connectivity index (χ0) is 37.9. The fourth-order valence-electron chi connectivity index (χ4n) is 6.01. The highest BCUT2D eigenvalue weighted by atomic mass is 19.4. The third kappa shape index (κ3) is 10.0. The smallest absolute Gasteiger partial charge is 0.368 e. The summed E-state index contributed by atoms with van der Waals surface area (Å²) in [7, 11) is 0. The second kappa shape index (κ2) is 17.6. The van der Waals surface area contributed by atoms with Gasteiger partial charge in [0.25, 0.3) is 0 Å². The summed E-state index contributed by atoms with van der Waals surface area (Å²) < 4.78 is 38.4. The number of aromatic nitrogens is 4. The van der Waals surface area contributed by atoms with Gasteiger partial charge in [-0.15, -0.1) is 0 Å². The predicted octanol–water partition coefficient (Wildman–Crippen LogP) is 10.7. The van der Waals surface area contributed by atoms with Crippen LogP contribution in [-0.2, 0) is 12.6 Å². The molecule has 0 aliphatic rings. The maximum absolute atomic E-state index is 12.8. The average Bonchev–Trinajstić information content (AvgIpc) is 3.21. The van der Waals surface area contributed by atoms with Crippen LogP contribution in [0.25, 0.3) is 44.6 Å². The number of hydrogen-bond donors (Lipinski definition) is 2. The molecule has 4 heterocycles. The van der Waals surface area contributed by atoms with E-state index in [0.29, 0.717) is 23.7 Å². The highest BCUT2D eigenvalue weighted by Crippen LogP contribution is 2.35. The first kappa shape index (κ1) is 37.6. The van der Waals surface area contributed by atoms with E-state index in [1.54, 1.807) is 30.7 Å². The van der Waals surface area contributed by atoms with Crippen LogP contribution in [-0.4, -0.2) is 32.5 Å². The van der Waals surface area contributed by atoms with Crippen LogP contribution in [0.15, 0.2) is 159 Å². The van der Waals surface area contributed by atoms with Crippen molar-refractivity contribution < 1.29 is 13.2 Å². The minimum absolute atomic E-state index is 0.00553. The van der Waals surface area contributed by atoms with E-state index in [2.05, 4.69) is 76.6 Å². The van der Waals surface area contributed by atoms with Gasteiger partial charge in [0.1, 0.15) is 5.82 Å². The molecule has 272 valence electrons. The van der Waals surface area contributed by atoms with Crippen molar-refractivity contribution in [3.05, 3.63) is 175 Å². The number of nitrogens with zero attached hydrogens (tertiary/aromatic N) is 4. The monoisotopic (exact) mass is 722 g/mol. The maximum atomic E-state index is 12.8. The number of benzene rings is 3. The molecule has 0 fully saturated rings. The Morgan fingerprint density at radius 1 is 0.611 bits per heavy atom. The number of hydrogen-bond acceptors (Lipinski definition) is 6. The minimum Gasteiger partial charge on any atom is -0.368 e. The van der Waals surface area contributed by atoms with Gasteiger partial charge in [0.05, 0.1) is 11.3 Å². The normalized spacial score (nSPS) is 11.8. The first-order valence-corrected chi connectivity index (χ1v) is 17.7. The standard InChI is InChI=1S/C28H30N4.C17H11F3N2/c1-20(2)23-9-6-10-24(16-23)27-19-32-28(17-26(27)22-11-13-30-14-12-22)31-18-25(29)15-21-7-4-3-5-8-21;18-17(19,20)15-3-1-2-14(10-15)16-11-13(6-9-22-16)12-4-7-21-8-5-12/h3-14,16-17,19-20,25H,15,18,29H2,1-2H3,(H,31,32);1-11H/t25-;/m0./s1. The molecule has 0 amide bonds. The second-order valence-electron chi connectivity index (χ2n) is 13.2. The van der Waals surface area contributed by atoms with Gasteiger partial charge in [-0.25, -0.2) is 4.98 Å². The fourth-order valence-corrected chi connectivity index (χ4v) is 6.01. The summed E-state index contributed by atoms with van der Waals surface area (Å²) in [4.78, 5) is 17.0. The summed E-state index contributed by atoms with van der Waals surface area (Å²) in [6.45, 7) is 5.08. The van der Waals surface area contributed by atoms with Gasteiger partial charge in [-0.1, -0.05) is 80.6 Å². The van der Waals surface area contributed by atoms with Crippen molar-refractivity contribution in [3.63, 3.8) is 0 Å². The van der Waals surface area contributed by atoms with Crippen molar-refractivity contribution >= 4 is 5.82 Å². The van der Waals surface area contributed by atoms with Crippen molar-refractivity contribution in [1.29, 1.82) is 0 Å². The van der Waals surface area contributed by atoms with E-state index in [-0.39, 0.29) is 6.04 Å². The first-order chi connectivity index (χ1) is 26.1. The molecule has 4 aromatic heterocycles. The van der Waals surface area contributed by atoms with Crippen molar-refractivity contribution in [3.8, 4) is 44.6 Å². The highest BCUT2D eigenvalue weighted by molar-refractivity contribution is 5.84. The zero-order valence-corrected chi connectivity index (χ0v) is 30.1. The zero-order valence-electron chi connectivity index (χ0n) is 30.1. The minimum atomic E-state index is -4.36. The van der Waals surface area contributed by atoms with Crippen LogP contribution < -0.4 is 11.1 Å². The molecule has 0 radical (unpaired) electrons. The third-order valence-electron chi connectivity index (χ3n) is 8.90. The summed E-state index contributed by atoms with van der Waals surface area (Å²) in [5, 5.41) is 3.43. The molecular formula is C45H41F3N6. The Balaban J connectivity index is 0.000000197. The van der Waals surface area contributed by atoms with Gasteiger partial charge in [-0.05, 0) is 106 Å². The Hall–Kier alpha value is -6.19. The SMILES string of the molecule is CC(C)c1cccc(-c2cnc(NC[C@@H](N)Cc3ccccc3)cc2-c2ccncc2)c1.FC(F)(F)c1cccc(-c2cc(-c3ccncc3)ccn2)c1. The van der Waals surface area contributed by atoms with Crippen LogP contribution in [0.3, 0.4) is 0 Å². The van der Waals surface area contributed by atoms with Gasteiger partial charge >= 0.3 is 6.18 Å². The summed E-state index contributed by atoms with van der Waals surface area (Å²) in [5.74, 6) is 1.29. The quantitative estimate of drug-likeness (QED) is 0.146. The first-order valence-electron chi connectivity index (χ1n) is 17.7. The molecule has 54 heavy (non-hydrogen) atoms. The molecule has 6 nitrogen and oxygen atoms in total. The number of rotatable bonds is 10. The van der Waals surface area contributed by atoms with Gasteiger partial charge < -0.3 is 11.1 Å². The molecule has 3 aromatic carbocycles. The van der Waals surface area contributed by atoms with E-state index in [0.717, 1.165) is 52.2 Å². The summed E-state index contributed by atoms with van der Waals surface area (Å²) in [6, 6.07) is 37.7. The van der Waals surface area contributed by atoms with Gasteiger partial charge in [-0.2, -0.15) is 13.2 Å². The van der Waals surface area contributed by atoms with E-state index >= 15 is 0 Å². The van der Waals surface area contributed by atoms with Crippen LogP contribution in [0.2, 0.25) is 0 Å². The topological polar surface area (TPSA) is 89.6 Å². The largest absolute Gasteiger partial charge is 0.416 e. The molecule has 0 aliphatic carbocycles. The van der Waals surface area contributed by atoms with E-state index in [1.165, 1.54) is 22.8 Å². The van der Waals surface area contributed by atoms with Gasteiger partial charge in [0, 0.05) is 60.9 Å². The Morgan fingerprint density at radius 2 is 1.28 bits per heavy atom. The lowest BCUT2D eigenvalue weighted by Crippen LogP contribution is -2.31. The molecule has 1 atom stereocenters. The number of anilines is 1. The molecule has 3 N–H and O–H groups in total.